The normalized spacial score (nSPS) is 12.2. The summed E-state index contributed by atoms with van der Waals surface area (Å²) in [5, 5.41) is 13.6. The number of benzene rings is 1. The van der Waals surface area contributed by atoms with E-state index in [9.17, 15) is 9.90 Å². The maximum absolute atomic E-state index is 11.8. The summed E-state index contributed by atoms with van der Waals surface area (Å²) in [6.45, 7) is 2.04. The average molecular weight is 379 g/mol. The fourth-order valence-corrected chi connectivity index (χ4v) is 4.10. The molecule has 0 aliphatic heterocycles. The van der Waals surface area contributed by atoms with Crippen LogP contribution in [0, 0.1) is 6.92 Å². The van der Waals surface area contributed by atoms with Crippen LogP contribution in [0.2, 0.25) is 0 Å². The van der Waals surface area contributed by atoms with Crippen molar-refractivity contribution in [1.82, 2.24) is 19.9 Å². The summed E-state index contributed by atoms with van der Waals surface area (Å²) < 4.78 is 0. The van der Waals surface area contributed by atoms with Crippen LogP contribution in [-0.4, -0.2) is 37.1 Å². The Kier molecular flexibility index (Phi) is 4.55. The molecule has 0 saturated heterocycles. The number of hydrogen-bond donors (Lipinski definition) is 3. The molecule has 0 aliphatic rings. The first-order valence-corrected chi connectivity index (χ1v) is 9.21. The van der Waals surface area contributed by atoms with Crippen LogP contribution >= 0.6 is 11.3 Å². The lowest BCUT2D eigenvalue weighted by Crippen LogP contribution is -2.32. The first-order valence-electron chi connectivity index (χ1n) is 8.39. The zero-order chi connectivity index (χ0) is 18.8. The monoisotopic (exact) mass is 379 g/mol. The number of imidazole rings is 1. The molecule has 4 aromatic rings. The van der Waals surface area contributed by atoms with Gasteiger partial charge < -0.3 is 15.4 Å². The Labute approximate surface area is 159 Å². The molecule has 0 saturated carbocycles. The van der Waals surface area contributed by atoms with Gasteiger partial charge in [0.1, 0.15) is 23.0 Å². The number of nitrogens with one attached hydrogen (secondary N) is 2. The van der Waals surface area contributed by atoms with Crippen molar-refractivity contribution < 1.29 is 9.90 Å². The van der Waals surface area contributed by atoms with Crippen molar-refractivity contribution >= 4 is 33.3 Å². The van der Waals surface area contributed by atoms with Gasteiger partial charge in [0.25, 0.3) is 0 Å². The van der Waals surface area contributed by atoms with Gasteiger partial charge in [-0.2, -0.15) is 0 Å². The SMILES string of the molecule is Cc1sc2ncnc(NC(Cc3cnc[nH]3)C(=O)O)c2c1-c1ccccc1. The number of fused-ring (bicyclic) bond motifs is 1. The van der Waals surface area contributed by atoms with Crippen molar-refractivity contribution in [1.29, 1.82) is 0 Å². The third-order valence-corrected chi connectivity index (χ3v) is 5.33. The van der Waals surface area contributed by atoms with E-state index < -0.39 is 12.0 Å². The quantitative estimate of drug-likeness (QED) is 0.474. The number of thiophene rings is 1. The van der Waals surface area contributed by atoms with Crippen LogP contribution in [0.1, 0.15) is 10.6 Å². The molecule has 0 fully saturated rings. The minimum atomic E-state index is -0.954. The van der Waals surface area contributed by atoms with Crippen molar-refractivity contribution in [2.24, 2.45) is 0 Å². The predicted molar refractivity (Wildman–Crippen MR) is 105 cm³/mol. The average Bonchev–Trinajstić information content (AvgIpc) is 3.29. The van der Waals surface area contributed by atoms with E-state index in [1.807, 2.05) is 37.3 Å². The van der Waals surface area contributed by atoms with Gasteiger partial charge in [-0.05, 0) is 12.5 Å². The second kappa shape index (κ2) is 7.16. The Hall–Kier alpha value is -3.26. The van der Waals surface area contributed by atoms with E-state index in [2.05, 4.69) is 25.3 Å². The van der Waals surface area contributed by atoms with Crippen LogP contribution in [0.5, 0.6) is 0 Å². The molecule has 136 valence electrons. The number of aromatic nitrogens is 4. The summed E-state index contributed by atoms with van der Waals surface area (Å²) >= 11 is 1.57. The summed E-state index contributed by atoms with van der Waals surface area (Å²) in [5.41, 5.74) is 2.83. The van der Waals surface area contributed by atoms with Crippen LogP contribution in [0.4, 0.5) is 5.82 Å². The number of rotatable bonds is 6. The second-order valence-electron chi connectivity index (χ2n) is 6.12. The summed E-state index contributed by atoms with van der Waals surface area (Å²) in [7, 11) is 0. The minimum absolute atomic E-state index is 0.268. The van der Waals surface area contributed by atoms with Crippen molar-refractivity contribution in [2.75, 3.05) is 5.32 Å². The molecule has 0 spiro atoms. The highest BCUT2D eigenvalue weighted by atomic mass is 32.1. The van der Waals surface area contributed by atoms with Gasteiger partial charge in [0.15, 0.2) is 0 Å². The molecule has 0 amide bonds. The van der Waals surface area contributed by atoms with Crippen LogP contribution < -0.4 is 5.32 Å². The molecule has 1 aromatic carbocycles. The third kappa shape index (κ3) is 3.39. The van der Waals surface area contributed by atoms with Gasteiger partial charge in [-0.1, -0.05) is 30.3 Å². The predicted octanol–water partition coefficient (Wildman–Crippen LogP) is 3.50. The van der Waals surface area contributed by atoms with E-state index in [1.54, 1.807) is 17.5 Å². The number of aliphatic carboxylic acids is 1. The van der Waals surface area contributed by atoms with Crippen LogP contribution in [-0.2, 0) is 11.2 Å². The van der Waals surface area contributed by atoms with Gasteiger partial charge in [0.2, 0.25) is 0 Å². The number of carboxylic acids is 1. The van der Waals surface area contributed by atoms with Gasteiger partial charge in [-0.25, -0.2) is 19.7 Å². The van der Waals surface area contributed by atoms with Crippen molar-refractivity contribution in [3.05, 3.63) is 59.8 Å². The summed E-state index contributed by atoms with van der Waals surface area (Å²) in [4.78, 5) is 29.4. The largest absolute Gasteiger partial charge is 0.480 e. The highest BCUT2D eigenvalue weighted by Gasteiger charge is 2.23. The van der Waals surface area contributed by atoms with Gasteiger partial charge >= 0.3 is 5.97 Å². The Morgan fingerprint density at radius 2 is 2.11 bits per heavy atom. The molecule has 7 nitrogen and oxygen atoms in total. The lowest BCUT2D eigenvalue weighted by atomic mass is 10.0. The summed E-state index contributed by atoms with van der Waals surface area (Å²) in [5.74, 6) is -0.431. The molecule has 3 N–H and O–H groups in total. The van der Waals surface area contributed by atoms with Crippen molar-refractivity contribution in [2.45, 2.75) is 19.4 Å². The molecule has 27 heavy (non-hydrogen) atoms. The van der Waals surface area contributed by atoms with Crippen LogP contribution in [0.3, 0.4) is 0 Å². The summed E-state index contributed by atoms with van der Waals surface area (Å²) in [6.07, 6.45) is 4.89. The van der Waals surface area contributed by atoms with Crippen molar-refractivity contribution in [3.8, 4) is 11.1 Å². The molecular weight excluding hydrogens is 362 g/mol. The minimum Gasteiger partial charge on any atom is -0.480 e. The van der Waals surface area contributed by atoms with E-state index in [0.29, 0.717) is 5.82 Å². The fraction of sp³-hybridized carbons (Fsp3) is 0.158. The zero-order valence-electron chi connectivity index (χ0n) is 14.5. The number of aryl methyl sites for hydroxylation is 1. The van der Waals surface area contributed by atoms with E-state index in [0.717, 1.165) is 31.9 Å². The highest BCUT2D eigenvalue weighted by Crippen LogP contribution is 2.40. The second-order valence-corrected chi connectivity index (χ2v) is 7.32. The number of aromatic amines is 1. The number of anilines is 1. The molecular formula is C19H17N5O2S. The lowest BCUT2D eigenvalue weighted by molar-refractivity contribution is -0.137. The molecule has 1 unspecified atom stereocenters. The van der Waals surface area contributed by atoms with Gasteiger partial charge in [0.05, 0.1) is 11.7 Å². The summed E-state index contributed by atoms with van der Waals surface area (Å²) in [6, 6.07) is 9.15. The van der Waals surface area contributed by atoms with E-state index in [1.165, 1.54) is 12.7 Å². The number of carboxylic acid groups (broad SMARTS) is 1. The smallest absolute Gasteiger partial charge is 0.326 e. The standard InChI is InChI=1S/C19H17N5O2S/c1-11-15(12-5-3-2-4-6-12)16-17(22-10-23-18(16)27-11)24-14(19(25)26)7-13-8-20-9-21-13/h2-6,8-10,14H,7H2,1H3,(H,20,21)(H,25,26)(H,22,23,24). The number of hydrogen-bond acceptors (Lipinski definition) is 6. The molecule has 4 rings (SSSR count). The Bertz CT molecular complexity index is 1080. The van der Waals surface area contributed by atoms with Gasteiger partial charge in [0, 0.05) is 28.8 Å². The molecule has 0 bridgehead atoms. The Morgan fingerprint density at radius 3 is 2.81 bits per heavy atom. The Morgan fingerprint density at radius 1 is 1.30 bits per heavy atom. The molecule has 0 aliphatic carbocycles. The number of carbonyl (C=O) groups is 1. The van der Waals surface area contributed by atoms with Crippen LogP contribution in [0.25, 0.3) is 21.3 Å². The lowest BCUT2D eigenvalue weighted by Gasteiger charge is -2.15. The fourth-order valence-electron chi connectivity index (χ4n) is 3.09. The van der Waals surface area contributed by atoms with Gasteiger partial charge in [-0.3, -0.25) is 0 Å². The first-order chi connectivity index (χ1) is 13.1. The third-order valence-electron chi connectivity index (χ3n) is 4.31. The van der Waals surface area contributed by atoms with Crippen molar-refractivity contribution in [3.63, 3.8) is 0 Å². The highest BCUT2D eigenvalue weighted by molar-refractivity contribution is 7.19. The first kappa shape index (κ1) is 17.2. The number of nitrogens with zero attached hydrogens (tertiary/aromatic N) is 3. The van der Waals surface area contributed by atoms with E-state index >= 15 is 0 Å². The van der Waals surface area contributed by atoms with Gasteiger partial charge in [-0.15, -0.1) is 11.3 Å². The number of H-pyrrole nitrogens is 1. The zero-order valence-corrected chi connectivity index (χ0v) is 15.3. The topological polar surface area (TPSA) is 104 Å². The molecule has 0 radical (unpaired) electrons. The Balaban J connectivity index is 1.78. The van der Waals surface area contributed by atoms with E-state index in [4.69, 9.17) is 0 Å². The van der Waals surface area contributed by atoms with Crippen LogP contribution in [0.15, 0.2) is 49.2 Å². The molecule has 3 heterocycles. The molecule has 8 heteroatoms. The van der Waals surface area contributed by atoms with E-state index in [-0.39, 0.29) is 6.42 Å². The molecule has 3 aromatic heterocycles. The maximum Gasteiger partial charge on any atom is 0.326 e. The molecule has 1 atom stereocenters. The maximum atomic E-state index is 11.8.